The van der Waals surface area contributed by atoms with Gasteiger partial charge in [0.15, 0.2) is 0 Å². The lowest BCUT2D eigenvalue weighted by molar-refractivity contribution is 0.534. The normalized spacial score (nSPS) is 11.2. The van der Waals surface area contributed by atoms with E-state index in [-0.39, 0.29) is 0 Å². The maximum absolute atomic E-state index is 5.31. The van der Waals surface area contributed by atoms with Crippen molar-refractivity contribution in [3.63, 3.8) is 0 Å². The molecule has 3 rings (SSSR count). The second-order valence-electron chi connectivity index (χ2n) is 4.51. The molecule has 1 aromatic carbocycles. The summed E-state index contributed by atoms with van der Waals surface area (Å²) < 4.78 is 5.31. The van der Waals surface area contributed by atoms with Crippen LogP contribution >= 0.6 is 0 Å². The summed E-state index contributed by atoms with van der Waals surface area (Å²) in [5.74, 6) is 1.76. The van der Waals surface area contributed by atoms with Crippen LogP contribution in [-0.4, -0.2) is 9.97 Å². The maximum Gasteiger partial charge on any atom is 0.141 e. The monoisotopic (exact) mass is 226 g/mol. The Labute approximate surface area is 99.5 Å². The molecule has 3 nitrogen and oxygen atoms in total. The number of furan rings is 1. The molecule has 0 saturated carbocycles. The van der Waals surface area contributed by atoms with Crippen LogP contribution in [0.4, 0.5) is 0 Å². The number of benzene rings is 1. The Kier molecular flexibility index (Phi) is 2.08. The lowest BCUT2D eigenvalue weighted by Gasteiger charge is -1.96. The van der Waals surface area contributed by atoms with Gasteiger partial charge in [-0.05, 0) is 44.0 Å². The zero-order valence-corrected chi connectivity index (χ0v) is 10.2. The van der Waals surface area contributed by atoms with Gasteiger partial charge in [-0.25, -0.2) is 4.98 Å². The average Bonchev–Trinajstić information content (AvgIpc) is 2.83. The number of H-pyrrole nitrogens is 1. The van der Waals surface area contributed by atoms with Gasteiger partial charge in [0.25, 0.3) is 0 Å². The number of nitrogens with one attached hydrogen (secondary N) is 1. The Morgan fingerprint density at radius 1 is 1.12 bits per heavy atom. The second-order valence-corrected chi connectivity index (χ2v) is 4.51. The molecule has 2 heterocycles. The van der Waals surface area contributed by atoms with Crippen LogP contribution in [0.2, 0.25) is 0 Å². The Morgan fingerprint density at radius 2 is 1.94 bits per heavy atom. The van der Waals surface area contributed by atoms with E-state index in [0.717, 1.165) is 28.2 Å². The van der Waals surface area contributed by atoms with Crippen molar-refractivity contribution < 1.29 is 4.42 Å². The Hall–Kier alpha value is -2.03. The molecule has 0 radical (unpaired) electrons. The van der Waals surface area contributed by atoms with Crippen molar-refractivity contribution in [1.82, 2.24) is 9.97 Å². The fourth-order valence-electron chi connectivity index (χ4n) is 2.18. The first-order chi connectivity index (χ1) is 8.13. The van der Waals surface area contributed by atoms with Crippen LogP contribution < -0.4 is 0 Å². The number of nitrogens with zero attached hydrogens (tertiary/aromatic N) is 1. The summed E-state index contributed by atoms with van der Waals surface area (Å²) in [6.07, 6.45) is 1.73. The van der Waals surface area contributed by atoms with Gasteiger partial charge in [-0.15, -0.1) is 0 Å². The lowest BCUT2D eigenvalue weighted by atomic mass is 10.1. The van der Waals surface area contributed by atoms with E-state index in [0.29, 0.717) is 0 Å². The molecule has 17 heavy (non-hydrogen) atoms. The number of hydrogen-bond donors (Lipinski definition) is 1. The zero-order chi connectivity index (χ0) is 12.0. The van der Waals surface area contributed by atoms with Gasteiger partial charge in [0.2, 0.25) is 0 Å². The molecule has 0 saturated heterocycles. The number of aromatic nitrogens is 2. The molecule has 0 aliphatic carbocycles. The average molecular weight is 226 g/mol. The first-order valence-corrected chi connectivity index (χ1v) is 5.66. The third kappa shape index (κ3) is 1.64. The molecule has 3 aromatic rings. The van der Waals surface area contributed by atoms with Crippen LogP contribution in [0.3, 0.4) is 0 Å². The van der Waals surface area contributed by atoms with E-state index in [9.17, 15) is 0 Å². The molecule has 0 fully saturated rings. The summed E-state index contributed by atoms with van der Waals surface area (Å²) in [7, 11) is 0. The molecule has 0 spiro atoms. The minimum absolute atomic E-state index is 0.866. The van der Waals surface area contributed by atoms with Gasteiger partial charge in [0.1, 0.15) is 17.8 Å². The molecule has 0 aliphatic heterocycles. The standard InChI is InChI=1S/C14H14N2O/c1-8-4-9(2)13-12(5-8)15-14(16-13)11-6-10(3)17-7-11/h4-7H,1-3H3,(H,15,16). The number of aryl methyl sites for hydroxylation is 3. The summed E-state index contributed by atoms with van der Waals surface area (Å²) in [5.41, 5.74) is 5.55. The van der Waals surface area contributed by atoms with Crippen LogP contribution in [0.25, 0.3) is 22.4 Å². The van der Waals surface area contributed by atoms with Crippen molar-refractivity contribution in [2.45, 2.75) is 20.8 Å². The molecular formula is C14H14N2O. The largest absolute Gasteiger partial charge is 0.469 e. The second kappa shape index (κ2) is 3.48. The minimum Gasteiger partial charge on any atom is -0.469 e. The topological polar surface area (TPSA) is 41.8 Å². The Balaban J connectivity index is 2.23. The first-order valence-electron chi connectivity index (χ1n) is 5.66. The van der Waals surface area contributed by atoms with E-state index in [1.165, 1.54) is 11.1 Å². The fourth-order valence-corrected chi connectivity index (χ4v) is 2.18. The smallest absolute Gasteiger partial charge is 0.141 e. The molecule has 0 amide bonds. The van der Waals surface area contributed by atoms with Gasteiger partial charge < -0.3 is 9.40 Å². The summed E-state index contributed by atoms with van der Waals surface area (Å²) in [5, 5.41) is 0. The highest BCUT2D eigenvalue weighted by atomic mass is 16.3. The third-order valence-electron chi connectivity index (χ3n) is 2.93. The lowest BCUT2D eigenvalue weighted by Crippen LogP contribution is -1.79. The van der Waals surface area contributed by atoms with Crippen LogP contribution in [0.1, 0.15) is 16.9 Å². The molecule has 2 aromatic heterocycles. The van der Waals surface area contributed by atoms with Crippen LogP contribution in [0, 0.1) is 20.8 Å². The molecular weight excluding hydrogens is 212 g/mol. The van der Waals surface area contributed by atoms with E-state index < -0.39 is 0 Å². The van der Waals surface area contributed by atoms with Gasteiger partial charge in [-0.3, -0.25) is 0 Å². The predicted molar refractivity (Wildman–Crippen MR) is 68.0 cm³/mol. The molecule has 3 heteroatoms. The summed E-state index contributed by atoms with van der Waals surface area (Å²) in [6, 6.07) is 6.25. The minimum atomic E-state index is 0.866. The zero-order valence-electron chi connectivity index (χ0n) is 10.2. The highest BCUT2D eigenvalue weighted by molar-refractivity contribution is 5.82. The van der Waals surface area contributed by atoms with Crippen LogP contribution in [0.5, 0.6) is 0 Å². The molecule has 86 valence electrons. The maximum atomic E-state index is 5.31. The van der Waals surface area contributed by atoms with E-state index in [4.69, 9.17) is 4.42 Å². The van der Waals surface area contributed by atoms with E-state index in [1.54, 1.807) is 6.26 Å². The highest BCUT2D eigenvalue weighted by Gasteiger charge is 2.09. The summed E-state index contributed by atoms with van der Waals surface area (Å²) in [6.45, 7) is 6.11. The fraction of sp³-hybridized carbons (Fsp3) is 0.214. The van der Waals surface area contributed by atoms with Crippen molar-refractivity contribution >= 4 is 11.0 Å². The Morgan fingerprint density at radius 3 is 2.65 bits per heavy atom. The first kappa shape index (κ1) is 10.1. The van der Waals surface area contributed by atoms with Crippen molar-refractivity contribution in [3.8, 4) is 11.4 Å². The Bertz CT molecular complexity index is 691. The predicted octanol–water partition coefficient (Wildman–Crippen LogP) is 3.75. The van der Waals surface area contributed by atoms with Crippen molar-refractivity contribution in [3.05, 3.63) is 41.3 Å². The van der Waals surface area contributed by atoms with E-state index in [1.807, 2.05) is 13.0 Å². The summed E-state index contributed by atoms with van der Waals surface area (Å²) >= 11 is 0. The third-order valence-corrected chi connectivity index (χ3v) is 2.93. The van der Waals surface area contributed by atoms with Gasteiger partial charge in [0.05, 0.1) is 16.6 Å². The van der Waals surface area contributed by atoms with Gasteiger partial charge in [-0.1, -0.05) is 6.07 Å². The van der Waals surface area contributed by atoms with Gasteiger partial charge in [-0.2, -0.15) is 0 Å². The summed E-state index contributed by atoms with van der Waals surface area (Å²) in [4.78, 5) is 7.96. The quantitative estimate of drug-likeness (QED) is 0.686. The number of fused-ring (bicyclic) bond motifs is 1. The SMILES string of the molecule is Cc1cc(C)c2nc(-c3coc(C)c3)[nH]c2c1. The molecule has 0 aliphatic rings. The number of hydrogen-bond acceptors (Lipinski definition) is 2. The molecule has 0 atom stereocenters. The molecule has 1 N–H and O–H groups in total. The van der Waals surface area contributed by atoms with Gasteiger partial charge >= 0.3 is 0 Å². The van der Waals surface area contributed by atoms with Crippen LogP contribution in [0.15, 0.2) is 28.9 Å². The van der Waals surface area contributed by atoms with E-state index >= 15 is 0 Å². The number of imidazole rings is 1. The van der Waals surface area contributed by atoms with Gasteiger partial charge in [0, 0.05) is 0 Å². The van der Waals surface area contributed by atoms with Crippen LogP contribution in [-0.2, 0) is 0 Å². The number of rotatable bonds is 1. The van der Waals surface area contributed by atoms with Crippen molar-refractivity contribution in [2.75, 3.05) is 0 Å². The van der Waals surface area contributed by atoms with E-state index in [2.05, 4.69) is 35.9 Å². The van der Waals surface area contributed by atoms with Crippen molar-refractivity contribution in [1.29, 1.82) is 0 Å². The highest BCUT2D eigenvalue weighted by Crippen LogP contribution is 2.24. The molecule has 0 unspecified atom stereocenters. The number of aromatic amines is 1. The molecule has 0 bridgehead atoms. The van der Waals surface area contributed by atoms with Crippen molar-refractivity contribution in [2.24, 2.45) is 0 Å².